The van der Waals surface area contributed by atoms with Gasteiger partial charge in [0.1, 0.15) is 11.5 Å². The zero-order chi connectivity index (χ0) is 11.4. The second-order valence-corrected chi connectivity index (χ2v) is 4.06. The van der Waals surface area contributed by atoms with E-state index in [2.05, 4.69) is 15.9 Å². The molecule has 1 N–H and O–H groups in total. The summed E-state index contributed by atoms with van der Waals surface area (Å²) in [7, 11) is 3.10. The van der Waals surface area contributed by atoms with Crippen LogP contribution in [0.3, 0.4) is 0 Å². The summed E-state index contributed by atoms with van der Waals surface area (Å²) < 4.78 is 11.0. The molecular weight excluding hydrogens is 283 g/mol. The van der Waals surface area contributed by atoms with Gasteiger partial charge in [0.2, 0.25) is 0 Å². The van der Waals surface area contributed by atoms with Gasteiger partial charge in [-0.1, -0.05) is 0 Å². The fraction of sp³-hybridized carbons (Fsp3) is 0.400. The highest BCUT2D eigenvalue weighted by atomic mass is 79.9. The van der Waals surface area contributed by atoms with Gasteiger partial charge < -0.3 is 14.6 Å². The second-order valence-electron chi connectivity index (χ2n) is 2.90. The Bertz CT molecular complexity index is 344. The molecule has 3 nitrogen and oxygen atoms in total. The zero-order valence-corrected chi connectivity index (χ0v) is 10.8. The molecule has 0 heterocycles. The van der Waals surface area contributed by atoms with Crippen molar-refractivity contribution in [2.24, 2.45) is 0 Å². The number of halogens is 2. The van der Waals surface area contributed by atoms with Crippen LogP contribution in [0, 0.1) is 0 Å². The van der Waals surface area contributed by atoms with Crippen molar-refractivity contribution in [1.29, 1.82) is 0 Å². The normalized spacial score (nSPS) is 12.3. The van der Waals surface area contributed by atoms with Gasteiger partial charge in [0, 0.05) is 5.56 Å². The minimum atomic E-state index is -0.761. The van der Waals surface area contributed by atoms with Crippen LogP contribution in [0.5, 0.6) is 11.5 Å². The number of rotatable bonds is 4. The summed E-state index contributed by atoms with van der Waals surface area (Å²) in [6, 6.07) is 3.44. The standard InChI is InChI=1S/C10H12BrClO3/c1-14-9-4-7(11)10(15-2)3-6(9)8(13)5-12/h3-4,8,13H,5H2,1-2H3. The largest absolute Gasteiger partial charge is 0.496 e. The number of benzene rings is 1. The van der Waals surface area contributed by atoms with E-state index in [1.54, 1.807) is 26.4 Å². The van der Waals surface area contributed by atoms with Crippen molar-refractivity contribution in [3.63, 3.8) is 0 Å². The van der Waals surface area contributed by atoms with Gasteiger partial charge in [-0.15, -0.1) is 11.6 Å². The third-order valence-corrected chi connectivity index (χ3v) is 2.92. The average molecular weight is 296 g/mol. The first-order valence-corrected chi connectivity index (χ1v) is 5.62. The van der Waals surface area contributed by atoms with Crippen LogP contribution >= 0.6 is 27.5 Å². The van der Waals surface area contributed by atoms with E-state index in [4.69, 9.17) is 21.1 Å². The number of hydrogen-bond acceptors (Lipinski definition) is 3. The molecule has 0 amide bonds. The molecule has 1 aromatic rings. The fourth-order valence-electron chi connectivity index (χ4n) is 1.23. The van der Waals surface area contributed by atoms with Gasteiger partial charge in [0.15, 0.2) is 0 Å². The van der Waals surface area contributed by atoms with Crippen molar-refractivity contribution in [3.05, 3.63) is 22.2 Å². The molecule has 0 fully saturated rings. The Hall–Kier alpha value is -0.450. The summed E-state index contributed by atoms with van der Waals surface area (Å²) in [6.07, 6.45) is -0.761. The molecule has 0 saturated heterocycles. The minimum Gasteiger partial charge on any atom is -0.496 e. The molecule has 0 saturated carbocycles. The smallest absolute Gasteiger partial charge is 0.133 e. The van der Waals surface area contributed by atoms with Crippen LogP contribution in [0.4, 0.5) is 0 Å². The molecule has 0 aliphatic rings. The van der Waals surface area contributed by atoms with Crippen molar-refractivity contribution < 1.29 is 14.6 Å². The van der Waals surface area contributed by atoms with Crippen molar-refractivity contribution in [2.75, 3.05) is 20.1 Å². The molecule has 1 aromatic carbocycles. The molecule has 1 atom stereocenters. The van der Waals surface area contributed by atoms with E-state index in [-0.39, 0.29) is 5.88 Å². The third kappa shape index (κ3) is 2.77. The summed E-state index contributed by atoms with van der Waals surface area (Å²) in [5.41, 5.74) is 0.618. The third-order valence-electron chi connectivity index (χ3n) is 2.01. The molecule has 15 heavy (non-hydrogen) atoms. The van der Waals surface area contributed by atoms with Crippen molar-refractivity contribution in [2.45, 2.75) is 6.10 Å². The maximum absolute atomic E-state index is 9.67. The topological polar surface area (TPSA) is 38.7 Å². The number of aliphatic hydroxyl groups excluding tert-OH is 1. The van der Waals surface area contributed by atoms with Crippen LogP contribution in [-0.4, -0.2) is 25.2 Å². The summed E-state index contributed by atoms with van der Waals surface area (Å²) >= 11 is 8.93. The fourth-order valence-corrected chi connectivity index (χ4v) is 1.88. The highest BCUT2D eigenvalue weighted by Crippen LogP contribution is 2.36. The molecule has 0 aliphatic heterocycles. The molecule has 0 aliphatic carbocycles. The van der Waals surface area contributed by atoms with E-state index >= 15 is 0 Å². The molecule has 0 aromatic heterocycles. The zero-order valence-electron chi connectivity index (χ0n) is 8.46. The Balaban J connectivity index is 3.22. The number of aliphatic hydroxyl groups is 1. The van der Waals surface area contributed by atoms with E-state index in [1.807, 2.05) is 0 Å². The monoisotopic (exact) mass is 294 g/mol. The first-order valence-electron chi connectivity index (χ1n) is 4.29. The SMILES string of the molecule is COc1cc(C(O)CCl)c(OC)cc1Br. The lowest BCUT2D eigenvalue weighted by Crippen LogP contribution is -2.02. The summed E-state index contributed by atoms with van der Waals surface area (Å²) in [5.74, 6) is 1.33. The minimum absolute atomic E-state index is 0.112. The van der Waals surface area contributed by atoms with Gasteiger partial charge in [-0.2, -0.15) is 0 Å². The van der Waals surface area contributed by atoms with Gasteiger partial charge in [0.25, 0.3) is 0 Å². The van der Waals surface area contributed by atoms with Gasteiger partial charge in [-0.25, -0.2) is 0 Å². The molecule has 1 unspecified atom stereocenters. The van der Waals surface area contributed by atoms with Crippen molar-refractivity contribution >= 4 is 27.5 Å². The molecular formula is C10H12BrClO3. The Kier molecular flexibility index (Phi) is 4.70. The van der Waals surface area contributed by atoms with Crippen LogP contribution in [-0.2, 0) is 0 Å². The van der Waals surface area contributed by atoms with Gasteiger partial charge in [-0.05, 0) is 28.1 Å². The van der Waals surface area contributed by atoms with Crippen molar-refractivity contribution in [1.82, 2.24) is 0 Å². The Morgan fingerprint density at radius 2 is 1.93 bits per heavy atom. The lowest BCUT2D eigenvalue weighted by atomic mass is 10.1. The highest BCUT2D eigenvalue weighted by Gasteiger charge is 2.15. The number of methoxy groups -OCH3 is 2. The molecule has 0 radical (unpaired) electrons. The van der Waals surface area contributed by atoms with E-state index in [1.165, 1.54) is 0 Å². The van der Waals surface area contributed by atoms with Gasteiger partial charge in [0.05, 0.1) is 30.7 Å². The van der Waals surface area contributed by atoms with E-state index in [0.717, 1.165) is 4.47 Å². The van der Waals surface area contributed by atoms with Crippen LogP contribution in [0.25, 0.3) is 0 Å². The predicted molar refractivity (Wildman–Crippen MR) is 62.9 cm³/mol. The quantitative estimate of drug-likeness (QED) is 0.868. The molecule has 0 bridgehead atoms. The maximum Gasteiger partial charge on any atom is 0.133 e. The van der Waals surface area contributed by atoms with Crippen LogP contribution in [0.2, 0.25) is 0 Å². The Labute approximate surface area is 102 Å². The molecule has 1 rings (SSSR count). The second kappa shape index (κ2) is 5.58. The Morgan fingerprint density at radius 3 is 2.40 bits per heavy atom. The molecule has 0 spiro atoms. The molecule has 5 heteroatoms. The van der Waals surface area contributed by atoms with Crippen LogP contribution in [0.1, 0.15) is 11.7 Å². The summed E-state index contributed by atoms with van der Waals surface area (Å²) in [6.45, 7) is 0. The lowest BCUT2D eigenvalue weighted by molar-refractivity contribution is 0.197. The van der Waals surface area contributed by atoms with Crippen molar-refractivity contribution in [3.8, 4) is 11.5 Å². The Morgan fingerprint density at radius 1 is 1.33 bits per heavy atom. The highest BCUT2D eigenvalue weighted by molar-refractivity contribution is 9.10. The van der Waals surface area contributed by atoms with Gasteiger partial charge >= 0.3 is 0 Å². The first kappa shape index (κ1) is 12.6. The first-order chi connectivity index (χ1) is 7.13. The average Bonchev–Trinajstić information content (AvgIpc) is 2.27. The lowest BCUT2D eigenvalue weighted by Gasteiger charge is -2.15. The number of ether oxygens (including phenoxy) is 2. The van der Waals surface area contributed by atoms with E-state index in [0.29, 0.717) is 17.1 Å². The summed E-state index contributed by atoms with van der Waals surface area (Å²) in [4.78, 5) is 0. The van der Waals surface area contributed by atoms with E-state index < -0.39 is 6.10 Å². The van der Waals surface area contributed by atoms with Crippen LogP contribution in [0.15, 0.2) is 16.6 Å². The summed E-state index contributed by atoms with van der Waals surface area (Å²) in [5, 5.41) is 9.67. The maximum atomic E-state index is 9.67. The van der Waals surface area contributed by atoms with Crippen LogP contribution < -0.4 is 9.47 Å². The van der Waals surface area contributed by atoms with Gasteiger partial charge in [-0.3, -0.25) is 0 Å². The number of alkyl halides is 1. The van der Waals surface area contributed by atoms with E-state index in [9.17, 15) is 5.11 Å². The number of hydrogen-bond donors (Lipinski definition) is 1. The predicted octanol–water partition coefficient (Wildman–Crippen LogP) is 2.74. The molecule has 84 valence electrons.